The molecule has 1 atom stereocenters. The molecule has 3 rings (SSSR count). The molecule has 0 radical (unpaired) electrons. The molecule has 29 heavy (non-hydrogen) atoms. The Morgan fingerprint density at radius 3 is 2.66 bits per heavy atom. The van der Waals surface area contributed by atoms with Gasteiger partial charge in [0.15, 0.2) is 18.1 Å². The van der Waals surface area contributed by atoms with E-state index in [-0.39, 0.29) is 13.0 Å². The molecule has 2 N–H and O–H groups in total. The minimum absolute atomic E-state index is 0.00818. The number of amides is 2. The number of methoxy groups -OCH3 is 1. The second-order valence-electron chi connectivity index (χ2n) is 6.09. The summed E-state index contributed by atoms with van der Waals surface area (Å²) in [6.45, 7) is -0.526. The fraction of sp³-hybridized carbons (Fsp3) is 0.250. The van der Waals surface area contributed by atoms with Gasteiger partial charge in [0, 0.05) is 0 Å². The highest BCUT2D eigenvalue weighted by Crippen LogP contribution is 2.30. The average molecular weight is 400 g/mol. The van der Waals surface area contributed by atoms with Gasteiger partial charge in [-0.3, -0.25) is 25.2 Å². The van der Waals surface area contributed by atoms with Crippen LogP contribution in [0.15, 0.2) is 48.5 Å². The lowest BCUT2D eigenvalue weighted by Crippen LogP contribution is -2.51. The van der Waals surface area contributed by atoms with Crippen molar-refractivity contribution in [2.75, 3.05) is 20.3 Å². The molecule has 9 nitrogen and oxygen atoms in total. The van der Waals surface area contributed by atoms with E-state index in [9.17, 15) is 14.4 Å². The van der Waals surface area contributed by atoms with E-state index in [0.29, 0.717) is 22.8 Å². The number of hydrogen-bond donors (Lipinski definition) is 2. The number of esters is 1. The third kappa shape index (κ3) is 5.61. The van der Waals surface area contributed by atoms with Crippen LogP contribution in [0.5, 0.6) is 17.2 Å². The van der Waals surface area contributed by atoms with Crippen LogP contribution in [0.4, 0.5) is 0 Å². The molecule has 1 aliphatic heterocycles. The highest BCUT2D eigenvalue weighted by atomic mass is 16.6. The number of benzene rings is 2. The van der Waals surface area contributed by atoms with Gasteiger partial charge in [0.2, 0.25) is 6.10 Å². The summed E-state index contributed by atoms with van der Waals surface area (Å²) >= 11 is 0. The fourth-order valence-corrected chi connectivity index (χ4v) is 2.54. The Balaban J connectivity index is 1.38. The molecule has 0 bridgehead atoms. The first kappa shape index (κ1) is 20.0. The van der Waals surface area contributed by atoms with E-state index >= 15 is 0 Å². The van der Waals surface area contributed by atoms with Crippen LogP contribution in [0.1, 0.15) is 5.56 Å². The zero-order valence-electron chi connectivity index (χ0n) is 15.7. The van der Waals surface area contributed by atoms with Gasteiger partial charge in [0.1, 0.15) is 12.4 Å². The Morgan fingerprint density at radius 1 is 1.07 bits per heavy atom. The van der Waals surface area contributed by atoms with Crippen LogP contribution in [0, 0.1) is 0 Å². The summed E-state index contributed by atoms with van der Waals surface area (Å²) in [7, 11) is 1.53. The van der Waals surface area contributed by atoms with Gasteiger partial charge in [-0.1, -0.05) is 24.3 Å². The smallest absolute Gasteiger partial charge is 0.310 e. The minimum atomic E-state index is -0.916. The van der Waals surface area contributed by atoms with Gasteiger partial charge in [0.25, 0.3) is 11.8 Å². The molecule has 2 aromatic rings. The molecule has 1 aliphatic rings. The van der Waals surface area contributed by atoms with E-state index in [1.807, 2.05) is 0 Å². The first-order chi connectivity index (χ1) is 14.0. The number of hydrogen-bond acceptors (Lipinski definition) is 7. The summed E-state index contributed by atoms with van der Waals surface area (Å²) in [5.41, 5.74) is 5.08. The third-order valence-corrected chi connectivity index (χ3v) is 3.97. The average Bonchev–Trinajstić information content (AvgIpc) is 2.75. The van der Waals surface area contributed by atoms with Crippen molar-refractivity contribution >= 4 is 17.8 Å². The Kier molecular flexibility index (Phi) is 6.51. The van der Waals surface area contributed by atoms with E-state index in [2.05, 4.69) is 10.9 Å². The molecule has 0 saturated carbocycles. The summed E-state index contributed by atoms with van der Waals surface area (Å²) in [5.74, 6) is -0.252. The Bertz CT molecular complexity index is 900. The highest BCUT2D eigenvalue weighted by Gasteiger charge is 2.27. The largest absolute Gasteiger partial charge is 0.497 e. The first-order valence-corrected chi connectivity index (χ1v) is 8.81. The molecule has 0 fully saturated rings. The summed E-state index contributed by atoms with van der Waals surface area (Å²) < 4.78 is 21.0. The van der Waals surface area contributed by atoms with Crippen LogP contribution in [-0.2, 0) is 25.5 Å². The van der Waals surface area contributed by atoms with Gasteiger partial charge in [0.05, 0.1) is 13.5 Å². The molecule has 2 amide bonds. The fourth-order valence-electron chi connectivity index (χ4n) is 2.54. The predicted molar refractivity (Wildman–Crippen MR) is 100 cm³/mol. The Labute approximate surface area is 166 Å². The van der Waals surface area contributed by atoms with Crippen LogP contribution >= 0.6 is 0 Å². The highest BCUT2D eigenvalue weighted by molar-refractivity contribution is 5.86. The molecular formula is C20H20N2O7. The second kappa shape index (κ2) is 9.45. The molecule has 0 aliphatic carbocycles. The molecule has 0 spiro atoms. The van der Waals surface area contributed by atoms with Crippen molar-refractivity contribution in [2.45, 2.75) is 12.5 Å². The topological polar surface area (TPSA) is 112 Å². The van der Waals surface area contributed by atoms with Crippen molar-refractivity contribution in [1.29, 1.82) is 0 Å². The number of nitrogens with one attached hydrogen (secondary N) is 2. The van der Waals surface area contributed by atoms with E-state index in [1.54, 1.807) is 48.5 Å². The first-order valence-electron chi connectivity index (χ1n) is 8.81. The van der Waals surface area contributed by atoms with Crippen molar-refractivity contribution < 1.29 is 33.3 Å². The predicted octanol–water partition coefficient (Wildman–Crippen LogP) is 0.768. The minimum Gasteiger partial charge on any atom is -0.497 e. The van der Waals surface area contributed by atoms with E-state index in [0.717, 1.165) is 0 Å². The van der Waals surface area contributed by atoms with Gasteiger partial charge < -0.3 is 18.9 Å². The van der Waals surface area contributed by atoms with Crippen LogP contribution in [-0.4, -0.2) is 44.2 Å². The number of ether oxygens (including phenoxy) is 4. The van der Waals surface area contributed by atoms with Crippen LogP contribution < -0.4 is 25.1 Å². The van der Waals surface area contributed by atoms with Gasteiger partial charge >= 0.3 is 5.97 Å². The van der Waals surface area contributed by atoms with Gasteiger partial charge in [-0.25, -0.2) is 0 Å². The Hall–Kier alpha value is -3.75. The van der Waals surface area contributed by atoms with Crippen molar-refractivity contribution in [3.63, 3.8) is 0 Å². The zero-order valence-corrected chi connectivity index (χ0v) is 15.7. The normalized spacial score (nSPS) is 14.4. The number of fused-ring (bicyclic) bond motifs is 1. The number of para-hydroxylation sites is 2. The van der Waals surface area contributed by atoms with Gasteiger partial charge in [-0.2, -0.15) is 0 Å². The van der Waals surface area contributed by atoms with Crippen molar-refractivity contribution in [2.24, 2.45) is 0 Å². The quantitative estimate of drug-likeness (QED) is 0.544. The number of carbonyl (C=O) groups excluding carboxylic acids is 3. The lowest BCUT2D eigenvalue weighted by Gasteiger charge is -2.25. The van der Waals surface area contributed by atoms with Crippen molar-refractivity contribution in [1.82, 2.24) is 10.9 Å². The molecule has 2 aromatic carbocycles. The zero-order chi connectivity index (χ0) is 20.6. The monoisotopic (exact) mass is 400 g/mol. The summed E-state index contributed by atoms with van der Waals surface area (Å²) in [4.78, 5) is 35.7. The summed E-state index contributed by atoms with van der Waals surface area (Å²) in [5, 5.41) is 0. The lowest BCUT2D eigenvalue weighted by molar-refractivity contribution is -0.148. The number of rotatable bonds is 6. The molecule has 152 valence electrons. The van der Waals surface area contributed by atoms with Gasteiger partial charge in [-0.15, -0.1) is 0 Å². The third-order valence-electron chi connectivity index (χ3n) is 3.97. The molecule has 0 aromatic heterocycles. The summed E-state index contributed by atoms with van der Waals surface area (Å²) in [6.07, 6.45) is -0.926. The van der Waals surface area contributed by atoms with E-state index in [1.165, 1.54) is 7.11 Å². The molecular weight excluding hydrogens is 380 g/mol. The van der Waals surface area contributed by atoms with E-state index in [4.69, 9.17) is 18.9 Å². The number of carbonyl (C=O) groups is 3. The Morgan fingerprint density at radius 2 is 1.86 bits per heavy atom. The second-order valence-corrected chi connectivity index (χ2v) is 6.09. The molecule has 0 saturated heterocycles. The maximum absolute atomic E-state index is 12.1. The SMILES string of the molecule is COc1cccc(CC(=O)OCC(=O)NNC(=O)[C@@H]2COc3ccccc3O2)c1. The summed E-state index contributed by atoms with van der Waals surface area (Å²) in [6, 6.07) is 13.9. The lowest BCUT2D eigenvalue weighted by atomic mass is 10.1. The maximum atomic E-state index is 12.1. The maximum Gasteiger partial charge on any atom is 0.310 e. The standard InChI is InChI=1S/C20H20N2O7/c1-26-14-6-4-5-13(9-14)10-19(24)28-12-18(23)21-22-20(25)17-11-27-15-7-2-3-8-16(15)29-17/h2-9,17H,10-12H2,1H3,(H,21,23)(H,22,25)/t17-/m0/s1. The van der Waals surface area contributed by atoms with Crippen LogP contribution in [0.25, 0.3) is 0 Å². The van der Waals surface area contributed by atoms with Crippen molar-refractivity contribution in [3.8, 4) is 17.2 Å². The molecule has 1 heterocycles. The van der Waals surface area contributed by atoms with Crippen molar-refractivity contribution in [3.05, 3.63) is 54.1 Å². The molecule has 0 unspecified atom stereocenters. The van der Waals surface area contributed by atoms with E-state index < -0.39 is 30.5 Å². The molecule has 9 heteroatoms. The van der Waals surface area contributed by atoms with Crippen LogP contribution in [0.2, 0.25) is 0 Å². The van der Waals surface area contributed by atoms with Crippen LogP contribution in [0.3, 0.4) is 0 Å². The van der Waals surface area contributed by atoms with Gasteiger partial charge in [-0.05, 0) is 29.8 Å². The number of hydrazine groups is 1.